The van der Waals surface area contributed by atoms with Gasteiger partial charge in [0.1, 0.15) is 5.15 Å². The predicted molar refractivity (Wildman–Crippen MR) is 76.3 cm³/mol. The van der Waals surface area contributed by atoms with E-state index in [0.29, 0.717) is 19.8 Å². The van der Waals surface area contributed by atoms with E-state index >= 15 is 0 Å². The van der Waals surface area contributed by atoms with Crippen molar-refractivity contribution in [3.8, 4) is 0 Å². The molecule has 6 nitrogen and oxygen atoms in total. The highest BCUT2D eigenvalue weighted by Gasteiger charge is 2.20. The Bertz CT molecular complexity index is 547. The highest BCUT2D eigenvalue weighted by atomic mass is 35.5. The molecule has 1 fully saturated rings. The SMILES string of the molecule is CC(CN1CCOCC1)NS(=O)(=O)c1ccnc(Cl)c1. The summed E-state index contributed by atoms with van der Waals surface area (Å²) >= 11 is 5.72. The second kappa shape index (κ2) is 6.82. The average Bonchev–Trinajstić information content (AvgIpc) is 2.39. The fourth-order valence-electron chi connectivity index (χ4n) is 2.09. The Morgan fingerprint density at radius 1 is 1.50 bits per heavy atom. The van der Waals surface area contributed by atoms with E-state index in [1.807, 2.05) is 6.92 Å². The van der Waals surface area contributed by atoms with Gasteiger partial charge in [-0.2, -0.15) is 0 Å². The molecule has 1 saturated heterocycles. The van der Waals surface area contributed by atoms with Gasteiger partial charge in [-0.05, 0) is 19.1 Å². The smallest absolute Gasteiger partial charge is 0.241 e. The van der Waals surface area contributed by atoms with Crippen LogP contribution < -0.4 is 4.72 Å². The van der Waals surface area contributed by atoms with Crippen LogP contribution in [-0.4, -0.2) is 57.2 Å². The third-order valence-electron chi connectivity index (χ3n) is 3.00. The molecule has 1 atom stereocenters. The molecule has 0 saturated carbocycles. The van der Waals surface area contributed by atoms with Crippen LogP contribution >= 0.6 is 11.6 Å². The average molecular weight is 320 g/mol. The van der Waals surface area contributed by atoms with Gasteiger partial charge in [-0.25, -0.2) is 18.1 Å². The molecule has 1 aliphatic rings. The molecule has 1 aromatic heterocycles. The van der Waals surface area contributed by atoms with E-state index in [1.165, 1.54) is 18.3 Å². The van der Waals surface area contributed by atoms with Gasteiger partial charge in [-0.1, -0.05) is 11.6 Å². The van der Waals surface area contributed by atoms with Gasteiger partial charge in [0.2, 0.25) is 10.0 Å². The van der Waals surface area contributed by atoms with E-state index in [9.17, 15) is 8.42 Å². The summed E-state index contributed by atoms with van der Waals surface area (Å²) in [5, 5.41) is 0.161. The molecule has 0 bridgehead atoms. The molecule has 0 amide bonds. The Hall–Kier alpha value is -0.730. The molecule has 1 aliphatic heterocycles. The van der Waals surface area contributed by atoms with Crippen molar-refractivity contribution in [1.29, 1.82) is 0 Å². The first-order valence-electron chi connectivity index (χ1n) is 6.41. The summed E-state index contributed by atoms with van der Waals surface area (Å²) in [4.78, 5) is 6.08. The number of morpholine rings is 1. The van der Waals surface area contributed by atoms with Gasteiger partial charge >= 0.3 is 0 Å². The van der Waals surface area contributed by atoms with Crippen LogP contribution in [0.1, 0.15) is 6.92 Å². The summed E-state index contributed by atoms with van der Waals surface area (Å²) in [7, 11) is -3.57. The van der Waals surface area contributed by atoms with Crippen LogP contribution in [0.15, 0.2) is 23.2 Å². The van der Waals surface area contributed by atoms with E-state index in [4.69, 9.17) is 16.3 Å². The van der Waals surface area contributed by atoms with Gasteiger partial charge in [-0.15, -0.1) is 0 Å². The molecular formula is C12H18ClN3O3S. The van der Waals surface area contributed by atoms with Crippen LogP contribution in [0.4, 0.5) is 0 Å². The van der Waals surface area contributed by atoms with Crippen LogP contribution in [0.25, 0.3) is 0 Å². The lowest BCUT2D eigenvalue weighted by molar-refractivity contribution is 0.0354. The van der Waals surface area contributed by atoms with E-state index in [0.717, 1.165) is 13.1 Å². The van der Waals surface area contributed by atoms with Crippen molar-refractivity contribution < 1.29 is 13.2 Å². The van der Waals surface area contributed by atoms with Crippen molar-refractivity contribution in [1.82, 2.24) is 14.6 Å². The van der Waals surface area contributed by atoms with Crippen molar-refractivity contribution in [2.75, 3.05) is 32.8 Å². The minimum atomic E-state index is -3.57. The number of pyridine rings is 1. The summed E-state index contributed by atoms with van der Waals surface area (Å²) in [6, 6.07) is 2.58. The maximum atomic E-state index is 12.2. The summed E-state index contributed by atoms with van der Waals surface area (Å²) in [5.74, 6) is 0. The van der Waals surface area contributed by atoms with Crippen molar-refractivity contribution >= 4 is 21.6 Å². The first-order chi connectivity index (χ1) is 9.47. The Morgan fingerprint density at radius 2 is 2.20 bits per heavy atom. The third kappa shape index (κ3) is 4.39. The maximum Gasteiger partial charge on any atom is 0.241 e. The Kier molecular flexibility index (Phi) is 5.34. The predicted octanol–water partition coefficient (Wildman–Crippen LogP) is 0.734. The molecule has 20 heavy (non-hydrogen) atoms. The van der Waals surface area contributed by atoms with E-state index < -0.39 is 10.0 Å². The second-order valence-corrected chi connectivity index (χ2v) is 6.85. The quantitative estimate of drug-likeness (QED) is 0.810. The number of hydrogen-bond donors (Lipinski definition) is 1. The molecular weight excluding hydrogens is 302 g/mol. The monoisotopic (exact) mass is 319 g/mol. The Balaban J connectivity index is 1.97. The fourth-order valence-corrected chi connectivity index (χ4v) is 3.58. The summed E-state index contributed by atoms with van der Waals surface area (Å²) < 4.78 is 32.3. The first-order valence-corrected chi connectivity index (χ1v) is 8.27. The van der Waals surface area contributed by atoms with Crippen molar-refractivity contribution in [2.24, 2.45) is 0 Å². The molecule has 0 aromatic carbocycles. The molecule has 0 spiro atoms. The number of sulfonamides is 1. The van der Waals surface area contributed by atoms with Crippen molar-refractivity contribution in [3.05, 3.63) is 23.5 Å². The number of rotatable bonds is 5. The zero-order valence-corrected chi connectivity index (χ0v) is 12.8. The van der Waals surface area contributed by atoms with Gasteiger partial charge in [-0.3, -0.25) is 4.90 Å². The highest BCUT2D eigenvalue weighted by Crippen LogP contribution is 2.13. The molecule has 2 heterocycles. The van der Waals surface area contributed by atoms with Crippen LogP contribution in [0.5, 0.6) is 0 Å². The zero-order valence-electron chi connectivity index (χ0n) is 11.3. The number of hydrogen-bond acceptors (Lipinski definition) is 5. The Labute approximate surface area is 124 Å². The molecule has 1 N–H and O–H groups in total. The molecule has 0 aliphatic carbocycles. The lowest BCUT2D eigenvalue weighted by atomic mass is 10.3. The lowest BCUT2D eigenvalue weighted by Crippen LogP contribution is -2.45. The van der Waals surface area contributed by atoms with Crippen LogP contribution in [0.3, 0.4) is 0 Å². The highest BCUT2D eigenvalue weighted by molar-refractivity contribution is 7.89. The largest absolute Gasteiger partial charge is 0.379 e. The number of nitrogens with zero attached hydrogens (tertiary/aromatic N) is 2. The summed E-state index contributed by atoms with van der Waals surface area (Å²) in [6.07, 6.45) is 1.38. The maximum absolute atomic E-state index is 12.2. The van der Waals surface area contributed by atoms with Gasteiger partial charge in [0.25, 0.3) is 0 Å². The number of nitrogens with one attached hydrogen (secondary N) is 1. The minimum Gasteiger partial charge on any atom is -0.379 e. The molecule has 8 heteroatoms. The number of ether oxygens (including phenoxy) is 1. The molecule has 2 rings (SSSR count). The molecule has 112 valence electrons. The van der Waals surface area contributed by atoms with Crippen LogP contribution in [-0.2, 0) is 14.8 Å². The first kappa shape index (κ1) is 15.7. The van der Waals surface area contributed by atoms with Crippen LogP contribution in [0, 0.1) is 0 Å². The summed E-state index contributed by atoms with van der Waals surface area (Å²) in [6.45, 7) is 5.54. The summed E-state index contributed by atoms with van der Waals surface area (Å²) in [5.41, 5.74) is 0. The van der Waals surface area contributed by atoms with Gasteiger partial charge in [0, 0.05) is 31.9 Å². The van der Waals surface area contributed by atoms with E-state index in [-0.39, 0.29) is 16.1 Å². The lowest BCUT2D eigenvalue weighted by Gasteiger charge is -2.29. The minimum absolute atomic E-state index is 0.131. The van der Waals surface area contributed by atoms with E-state index in [2.05, 4.69) is 14.6 Å². The number of aromatic nitrogens is 1. The molecule has 0 radical (unpaired) electrons. The molecule has 1 unspecified atom stereocenters. The van der Waals surface area contributed by atoms with E-state index in [1.54, 1.807) is 0 Å². The fraction of sp³-hybridized carbons (Fsp3) is 0.583. The van der Waals surface area contributed by atoms with Crippen LogP contribution in [0.2, 0.25) is 5.15 Å². The number of halogens is 1. The third-order valence-corrected chi connectivity index (χ3v) is 4.79. The van der Waals surface area contributed by atoms with Crippen molar-refractivity contribution in [2.45, 2.75) is 17.9 Å². The van der Waals surface area contributed by atoms with Gasteiger partial charge in [0.05, 0.1) is 18.1 Å². The van der Waals surface area contributed by atoms with Gasteiger partial charge in [0.15, 0.2) is 0 Å². The van der Waals surface area contributed by atoms with Crippen molar-refractivity contribution in [3.63, 3.8) is 0 Å². The Morgan fingerprint density at radius 3 is 2.85 bits per heavy atom. The topological polar surface area (TPSA) is 71.5 Å². The van der Waals surface area contributed by atoms with Gasteiger partial charge < -0.3 is 4.74 Å². The standard InChI is InChI=1S/C12H18ClN3O3S/c1-10(9-16-4-6-19-7-5-16)15-20(17,18)11-2-3-14-12(13)8-11/h2-3,8,10,15H,4-7,9H2,1H3. The normalized spacial score (nSPS) is 18.9. The zero-order chi connectivity index (χ0) is 14.6. The second-order valence-electron chi connectivity index (χ2n) is 4.75. The molecule has 1 aromatic rings.